The Bertz CT molecular complexity index is 573. The molecule has 0 spiro atoms. The average molecular weight is 253 g/mol. The number of thiazole rings is 1. The lowest BCUT2D eigenvalue weighted by molar-refractivity contribution is 0.595. The van der Waals surface area contributed by atoms with Crippen molar-refractivity contribution in [1.29, 1.82) is 0 Å². The molecule has 0 saturated carbocycles. The Kier molecular flexibility index (Phi) is 3.07. The normalized spacial score (nSPS) is 11.6. The lowest BCUT2D eigenvalue weighted by Gasteiger charge is -2.01. The predicted octanol–water partition coefficient (Wildman–Crippen LogP) is 2.43. The van der Waals surface area contributed by atoms with Gasteiger partial charge in [0.2, 0.25) is 0 Å². The molecule has 0 amide bonds. The van der Waals surface area contributed by atoms with E-state index in [4.69, 9.17) is 0 Å². The van der Waals surface area contributed by atoms with Crippen LogP contribution >= 0.6 is 11.3 Å². The summed E-state index contributed by atoms with van der Waals surface area (Å²) in [6.07, 6.45) is 0. The van der Waals surface area contributed by atoms with Crippen molar-refractivity contribution in [2.75, 3.05) is 0 Å². The van der Waals surface area contributed by atoms with E-state index in [-0.39, 0.29) is 5.75 Å². The minimum Gasteiger partial charge on any atom is -0.246 e. The molecule has 1 aromatic carbocycles. The molecule has 2 aromatic rings. The zero-order valence-electron chi connectivity index (χ0n) is 8.75. The van der Waals surface area contributed by atoms with Gasteiger partial charge in [-0.1, -0.05) is 18.2 Å². The first kappa shape index (κ1) is 11.3. The average Bonchev–Trinajstić information content (AvgIpc) is 2.64. The Hall–Kier alpha value is -1.20. The molecule has 0 bridgehead atoms. The van der Waals surface area contributed by atoms with E-state index in [0.717, 1.165) is 5.01 Å². The number of sulfone groups is 1. The molecule has 16 heavy (non-hydrogen) atoms. The molecule has 0 saturated heterocycles. The van der Waals surface area contributed by atoms with Gasteiger partial charge in [-0.05, 0) is 19.1 Å². The van der Waals surface area contributed by atoms with Crippen LogP contribution in [-0.2, 0) is 15.6 Å². The van der Waals surface area contributed by atoms with Crippen molar-refractivity contribution in [2.45, 2.75) is 17.6 Å². The fourth-order valence-electron chi connectivity index (χ4n) is 1.38. The largest absolute Gasteiger partial charge is 0.246 e. The second kappa shape index (κ2) is 4.35. The first-order valence-corrected chi connectivity index (χ1v) is 7.30. The Morgan fingerprint density at radius 1 is 1.25 bits per heavy atom. The van der Waals surface area contributed by atoms with Crippen LogP contribution in [0.1, 0.15) is 10.7 Å². The number of hydrogen-bond acceptors (Lipinski definition) is 4. The van der Waals surface area contributed by atoms with Crippen LogP contribution < -0.4 is 0 Å². The first-order valence-electron chi connectivity index (χ1n) is 4.77. The van der Waals surface area contributed by atoms with E-state index in [9.17, 15) is 8.42 Å². The van der Waals surface area contributed by atoms with Crippen LogP contribution in [0.4, 0.5) is 0 Å². The van der Waals surface area contributed by atoms with Crippen molar-refractivity contribution in [3.05, 3.63) is 46.4 Å². The highest BCUT2D eigenvalue weighted by atomic mass is 32.2. The van der Waals surface area contributed by atoms with Gasteiger partial charge in [0.25, 0.3) is 0 Å². The lowest BCUT2D eigenvalue weighted by Crippen LogP contribution is -2.04. The van der Waals surface area contributed by atoms with E-state index < -0.39 is 9.84 Å². The van der Waals surface area contributed by atoms with Crippen molar-refractivity contribution < 1.29 is 8.42 Å². The van der Waals surface area contributed by atoms with E-state index in [1.54, 1.807) is 35.7 Å². The molecular formula is C11H11NO2S2. The second-order valence-corrected chi connectivity index (χ2v) is 6.48. The van der Waals surface area contributed by atoms with Crippen molar-refractivity contribution >= 4 is 21.2 Å². The van der Waals surface area contributed by atoms with Gasteiger partial charge < -0.3 is 0 Å². The van der Waals surface area contributed by atoms with Gasteiger partial charge in [0, 0.05) is 5.38 Å². The summed E-state index contributed by atoms with van der Waals surface area (Å²) in [6.45, 7) is 1.86. The maximum Gasteiger partial charge on any atom is 0.184 e. The molecule has 5 heteroatoms. The number of aryl methyl sites for hydroxylation is 1. The topological polar surface area (TPSA) is 47.0 Å². The molecule has 0 aliphatic rings. The van der Waals surface area contributed by atoms with Gasteiger partial charge in [0.05, 0.1) is 21.3 Å². The molecule has 0 atom stereocenters. The number of rotatable bonds is 3. The summed E-state index contributed by atoms with van der Waals surface area (Å²) in [6, 6.07) is 8.45. The predicted molar refractivity (Wildman–Crippen MR) is 64.2 cm³/mol. The quantitative estimate of drug-likeness (QED) is 0.844. The summed E-state index contributed by atoms with van der Waals surface area (Å²) in [5.41, 5.74) is 0.617. The molecule has 1 heterocycles. The molecule has 0 aliphatic heterocycles. The van der Waals surface area contributed by atoms with E-state index in [1.807, 2.05) is 6.92 Å². The molecule has 0 fully saturated rings. The number of aromatic nitrogens is 1. The van der Waals surface area contributed by atoms with Gasteiger partial charge in [-0.2, -0.15) is 0 Å². The standard InChI is InChI=1S/C11H11NO2S2/c1-9-12-10(7-15-9)8-16(13,14)11-5-3-2-4-6-11/h2-7H,8H2,1H3. The minimum absolute atomic E-state index is 0.0264. The van der Waals surface area contributed by atoms with Crippen molar-refractivity contribution in [3.8, 4) is 0 Å². The molecule has 2 rings (SSSR count). The fourth-order valence-corrected chi connectivity index (χ4v) is 3.37. The molecule has 84 valence electrons. The highest BCUT2D eigenvalue weighted by Gasteiger charge is 2.16. The zero-order chi connectivity index (χ0) is 11.6. The van der Waals surface area contributed by atoms with Gasteiger partial charge >= 0.3 is 0 Å². The Labute approximate surface area is 98.7 Å². The van der Waals surface area contributed by atoms with Crippen molar-refractivity contribution in [1.82, 2.24) is 4.98 Å². The maximum absolute atomic E-state index is 12.0. The lowest BCUT2D eigenvalue weighted by atomic mass is 10.4. The van der Waals surface area contributed by atoms with Crippen LogP contribution in [0.2, 0.25) is 0 Å². The zero-order valence-corrected chi connectivity index (χ0v) is 10.4. The van der Waals surface area contributed by atoms with Gasteiger partial charge in [-0.15, -0.1) is 11.3 Å². The van der Waals surface area contributed by atoms with E-state index >= 15 is 0 Å². The Morgan fingerprint density at radius 2 is 1.94 bits per heavy atom. The molecule has 0 aliphatic carbocycles. The summed E-state index contributed by atoms with van der Waals surface area (Å²) < 4.78 is 24.0. The third kappa shape index (κ3) is 2.48. The third-order valence-corrected chi connectivity index (χ3v) is 4.60. The van der Waals surface area contributed by atoms with Crippen molar-refractivity contribution in [2.24, 2.45) is 0 Å². The summed E-state index contributed by atoms with van der Waals surface area (Å²) in [5.74, 6) is -0.0264. The van der Waals surface area contributed by atoms with Gasteiger partial charge in [0.1, 0.15) is 0 Å². The molecular weight excluding hydrogens is 242 g/mol. The molecule has 0 N–H and O–H groups in total. The minimum atomic E-state index is -3.26. The molecule has 3 nitrogen and oxygen atoms in total. The SMILES string of the molecule is Cc1nc(CS(=O)(=O)c2ccccc2)cs1. The maximum atomic E-state index is 12.0. The Balaban J connectivity index is 2.28. The van der Waals surface area contributed by atoms with E-state index in [2.05, 4.69) is 4.98 Å². The van der Waals surface area contributed by atoms with E-state index in [1.165, 1.54) is 11.3 Å². The number of nitrogens with zero attached hydrogens (tertiary/aromatic N) is 1. The molecule has 1 aromatic heterocycles. The van der Waals surface area contributed by atoms with Crippen LogP contribution in [0.5, 0.6) is 0 Å². The number of benzene rings is 1. The smallest absolute Gasteiger partial charge is 0.184 e. The van der Waals surface area contributed by atoms with Gasteiger partial charge in [-0.3, -0.25) is 0 Å². The summed E-state index contributed by atoms with van der Waals surface area (Å²) in [4.78, 5) is 4.51. The van der Waals surface area contributed by atoms with Crippen LogP contribution in [0.3, 0.4) is 0 Å². The summed E-state index contributed by atoms with van der Waals surface area (Å²) >= 11 is 1.46. The third-order valence-electron chi connectivity index (χ3n) is 2.11. The number of hydrogen-bond donors (Lipinski definition) is 0. The van der Waals surface area contributed by atoms with Crippen LogP contribution in [0.15, 0.2) is 40.6 Å². The highest BCUT2D eigenvalue weighted by Crippen LogP contribution is 2.17. The monoisotopic (exact) mass is 253 g/mol. The summed E-state index contributed by atoms with van der Waals surface area (Å²) in [5, 5.41) is 2.67. The van der Waals surface area contributed by atoms with Gasteiger partial charge in [-0.25, -0.2) is 13.4 Å². The highest BCUT2D eigenvalue weighted by molar-refractivity contribution is 7.90. The summed E-state index contributed by atoms with van der Waals surface area (Å²) in [7, 11) is -3.26. The second-order valence-electron chi connectivity index (χ2n) is 3.43. The van der Waals surface area contributed by atoms with Crippen LogP contribution in [0, 0.1) is 6.92 Å². The van der Waals surface area contributed by atoms with Crippen molar-refractivity contribution in [3.63, 3.8) is 0 Å². The fraction of sp³-hybridized carbons (Fsp3) is 0.182. The Morgan fingerprint density at radius 3 is 2.50 bits per heavy atom. The van der Waals surface area contributed by atoms with Crippen LogP contribution in [0.25, 0.3) is 0 Å². The van der Waals surface area contributed by atoms with Crippen LogP contribution in [-0.4, -0.2) is 13.4 Å². The molecule has 0 unspecified atom stereocenters. The first-order chi connectivity index (χ1) is 7.58. The van der Waals surface area contributed by atoms with Gasteiger partial charge in [0.15, 0.2) is 9.84 Å². The molecule has 0 radical (unpaired) electrons. The van der Waals surface area contributed by atoms with E-state index in [0.29, 0.717) is 10.6 Å².